The molecule has 3 heteroatoms. The molecule has 2 aromatic carbocycles. The Morgan fingerprint density at radius 2 is 1.52 bits per heavy atom. The van der Waals surface area contributed by atoms with Crippen LogP contribution in [0.1, 0.15) is 129 Å². The van der Waals surface area contributed by atoms with E-state index in [2.05, 4.69) is 65.8 Å². The Hall–Kier alpha value is -0.500. The number of halogens is 2. The van der Waals surface area contributed by atoms with Gasteiger partial charge in [-0.05, 0) is 30.6 Å². The van der Waals surface area contributed by atoms with E-state index < -0.39 is 0 Å². The molecule has 0 aromatic heterocycles. The second-order valence-corrected chi connectivity index (χ2v) is 16.3. The zero-order valence-electron chi connectivity index (χ0n) is 27.3. The molecule has 2 saturated carbocycles. The van der Waals surface area contributed by atoms with Gasteiger partial charge >= 0.3 is 79.5 Å². The summed E-state index contributed by atoms with van der Waals surface area (Å²) < 4.78 is 1.84. The number of hydrogen-bond donors (Lipinski definition) is 0. The molecule has 0 spiro atoms. The molecule has 0 nitrogen and oxygen atoms in total. The maximum Gasteiger partial charge on any atom is -0.0351 e. The second kappa shape index (κ2) is 17.8. The SMILES string of the molecule is CCCC[C](=[Hf+2])CCCC.C[C-]1C2=C3Cc4ccccc4C3C3CCCCC3C2CC(C)C1(C)C.[Cl-].[Cl-].c1cc[cH-]c1. The first-order chi connectivity index (χ1) is 19.3. The van der Waals surface area contributed by atoms with E-state index in [4.69, 9.17) is 0 Å². The Morgan fingerprint density at radius 3 is 2.10 bits per heavy atom. The molecular weight excluding hydrogens is 718 g/mol. The maximum absolute atomic E-state index is 2.51. The van der Waals surface area contributed by atoms with E-state index >= 15 is 0 Å². The summed E-state index contributed by atoms with van der Waals surface area (Å²) in [7, 11) is 0. The van der Waals surface area contributed by atoms with Crippen molar-refractivity contribution in [2.75, 3.05) is 0 Å². The van der Waals surface area contributed by atoms with Crippen LogP contribution >= 0.6 is 0 Å². The smallest absolute Gasteiger partial charge is 0.0351 e. The fourth-order valence-corrected chi connectivity index (χ4v) is 9.51. The number of fused-ring (bicyclic) bond motifs is 7. The number of unbranched alkanes of at least 4 members (excludes halogenated alkanes) is 2. The third-order valence-corrected chi connectivity index (χ3v) is 12.9. The summed E-state index contributed by atoms with van der Waals surface area (Å²) >= 11 is 1.33. The zero-order valence-corrected chi connectivity index (χ0v) is 32.4. The Bertz CT molecular complexity index is 1070. The monoisotopic (exact) mass is 774 g/mol. The average Bonchev–Trinajstić information content (AvgIpc) is 3.66. The van der Waals surface area contributed by atoms with E-state index in [-0.39, 0.29) is 24.8 Å². The van der Waals surface area contributed by atoms with Gasteiger partial charge in [0, 0.05) is 0 Å². The van der Waals surface area contributed by atoms with Gasteiger partial charge in [-0.25, -0.2) is 29.2 Å². The van der Waals surface area contributed by atoms with Gasteiger partial charge in [-0.3, -0.25) is 0 Å². The van der Waals surface area contributed by atoms with Crippen molar-refractivity contribution in [1.82, 2.24) is 0 Å². The van der Waals surface area contributed by atoms with Gasteiger partial charge in [-0.2, -0.15) is 18.2 Å². The van der Waals surface area contributed by atoms with E-state index in [1.165, 1.54) is 101 Å². The first-order valence-electron chi connectivity index (χ1n) is 16.7. The molecule has 2 aromatic rings. The summed E-state index contributed by atoms with van der Waals surface area (Å²) in [6.07, 6.45) is 16.9. The fraction of sp³-hybridized carbons (Fsp3) is 0.615. The molecule has 232 valence electrons. The Kier molecular flexibility index (Phi) is 16.0. The molecule has 42 heavy (non-hydrogen) atoms. The number of allylic oxidation sites excluding steroid dienone is 2. The summed E-state index contributed by atoms with van der Waals surface area (Å²) in [6, 6.07) is 19.4. The first-order valence-corrected chi connectivity index (χ1v) is 18.5. The molecule has 6 rings (SSSR count). The van der Waals surface area contributed by atoms with Crippen molar-refractivity contribution < 1.29 is 48.7 Å². The van der Waals surface area contributed by atoms with Gasteiger partial charge < -0.3 is 24.8 Å². The number of rotatable bonds is 6. The Balaban J connectivity index is 0.000000304. The van der Waals surface area contributed by atoms with Gasteiger partial charge in [0.25, 0.3) is 0 Å². The molecule has 4 aliphatic rings. The predicted molar refractivity (Wildman–Crippen MR) is 171 cm³/mol. The molecule has 0 heterocycles. The average molecular weight is 774 g/mol. The maximum atomic E-state index is 2.51. The van der Waals surface area contributed by atoms with Gasteiger partial charge in [0.15, 0.2) is 0 Å². The third-order valence-electron chi connectivity index (χ3n) is 11.1. The first kappa shape index (κ1) is 37.7. The molecule has 0 aliphatic heterocycles. The van der Waals surface area contributed by atoms with Crippen LogP contribution in [0.15, 0.2) is 65.7 Å². The summed E-state index contributed by atoms with van der Waals surface area (Å²) in [6.45, 7) is 14.5. The Morgan fingerprint density at radius 1 is 0.929 bits per heavy atom. The van der Waals surface area contributed by atoms with E-state index in [0.717, 1.165) is 29.6 Å². The molecule has 5 atom stereocenters. The molecule has 0 bridgehead atoms. The van der Waals surface area contributed by atoms with Crippen LogP contribution in [0.3, 0.4) is 0 Å². The second-order valence-electron chi connectivity index (χ2n) is 13.8. The minimum absolute atomic E-state index is 0. The van der Waals surface area contributed by atoms with E-state index in [9.17, 15) is 0 Å². The molecule has 0 N–H and O–H groups in total. The molecule has 0 saturated heterocycles. The van der Waals surface area contributed by atoms with Gasteiger partial charge in [-0.1, -0.05) is 99.1 Å². The van der Waals surface area contributed by atoms with E-state index in [0.29, 0.717) is 5.41 Å². The summed E-state index contributed by atoms with van der Waals surface area (Å²) in [5.41, 5.74) is 7.35. The largest absolute Gasteiger partial charge is 1.00 e. The van der Waals surface area contributed by atoms with Crippen LogP contribution in [0.5, 0.6) is 0 Å². The standard InChI is InChI=1S/C25H33.C9H18.C5H5.2ClH.Hf/c1-15-13-21-19-11-7-8-12-20(19)24-18-10-6-5-9-17(18)14-22(24)23(21)16(2)25(15,3)4;1-3-5-7-9-8-6-4-2;1-2-4-5-3-1;;;/h5-6,9-10,15,19-21,24H,7-8,11-14H2,1-4H3;3-8H2,1-2H3;1-5H;2*1H;/q-1;;-1;;;+2/p-2. The third kappa shape index (κ3) is 8.60. The fourth-order valence-electron chi connectivity index (χ4n) is 8.24. The summed E-state index contributed by atoms with van der Waals surface area (Å²) in [5, 5.41) is 0. The van der Waals surface area contributed by atoms with Crippen molar-refractivity contribution in [3.8, 4) is 0 Å². The number of hydrogen-bond acceptors (Lipinski definition) is 0. The van der Waals surface area contributed by atoms with Crippen LogP contribution in [0.25, 0.3) is 0 Å². The van der Waals surface area contributed by atoms with Crippen molar-refractivity contribution in [2.24, 2.45) is 29.1 Å². The van der Waals surface area contributed by atoms with Crippen molar-refractivity contribution in [2.45, 2.75) is 125 Å². The molecule has 2 fully saturated rings. The van der Waals surface area contributed by atoms with Crippen LogP contribution in [-0.2, 0) is 30.3 Å². The van der Waals surface area contributed by atoms with Crippen LogP contribution in [0.2, 0.25) is 0 Å². The van der Waals surface area contributed by atoms with Crippen LogP contribution in [-0.4, -0.2) is 3.26 Å². The topological polar surface area (TPSA) is 0 Å². The van der Waals surface area contributed by atoms with Gasteiger partial charge in [0.2, 0.25) is 0 Å². The molecular formula is C39H56Cl2Hf-2. The van der Waals surface area contributed by atoms with Gasteiger partial charge in [0.05, 0.1) is 0 Å². The van der Waals surface area contributed by atoms with Gasteiger partial charge in [0.1, 0.15) is 0 Å². The van der Waals surface area contributed by atoms with Crippen LogP contribution < -0.4 is 24.8 Å². The van der Waals surface area contributed by atoms with Crippen LogP contribution in [0, 0.1) is 35.0 Å². The molecule has 0 radical (unpaired) electrons. The van der Waals surface area contributed by atoms with Gasteiger partial charge in [-0.15, -0.1) is 6.92 Å². The van der Waals surface area contributed by atoms with E-state index in [1.807, 2.05) is 44.7 Å². The normalized spacial score (nSPS) is 26.4. The minimum Gasteiger partial charge on any atom is -1.00 e. The molecule has 4 aliphatic carbocycles. The van der Waals surface area contributed by atoms with Crippen molar-refractivity contribution in [3.63, 3.8) is 0 Å². The van der Waals surface area contributed by atoms with Crippen molar-refractivity contribution in [1.29, 1.82) is 0 Å². The van der Waals surface area contributed by atoms with Crippen LogP contribution in [0.4, 0.5) is 0 Å². The summed E-state index contributed by atoms with van der Waals surface area (Å²) in [5.74, 6) is 6.00. The molecule has 5 unspecified atom stereocenters. The van der Waals surface area contributed by atoms with E-state index in [1.54, 1.807) is 17.0 Å². The quantitative estimate of drug-likeness (QED) is 0.280. The Labute approximate surface area is 286 Å². The predicted octanol–water partition coefficient (Wildman–Crippen LogP) is 5.22. The zero-order chi connectivity index (χ0) is 28.7. The molecule has 0 amide bonds. The minimum atomic E-state index is 0. The van der Waals surface area contributed by atoms with Crippen molar-refractivity contribution in [3.05, 3.63) is 82.8 Å². The number of benzene rings is 1. The summed E-state index contributed by atoms with van der Waals surface area (Å²) in [4.78, 5) is 0. The van der Waals surface area contributed by atoms with Crippen molar-refractivity contribution >= 4 is 3.26 Å².